The molecule has 0 bridgehead atoms. The van der Waals surface area contributed by atoms with E-state index in [1.165, 1.54) is 18.7 Å². The minimum Gasteiger partial charge on any atom is -0.335 e. The zero-order valence-corrected chi connectivity index (χ0v) is 9.45. The second kappa shape index (κ2) is 3.41. The predicted molar refractivity (Wildman–Crippen MR) is 58.1 cm³/mol. The molecule has 0 amide bonds. The van der Waals surface area contributed by atoms with Crippen LogP contribution in [0.3, 0.4) is 0 Å². The Labute approximate surface area is 86.3 Å². The number of rotatable bonds is 2. The lowest BCUT2D eigenvalue weighted by atomic mass is 9.72. The molecule has 78 valence electrons. The van der Waals surface area contributed by atoms with E-state index in [0.29, 0.717) is 5.41 Å². The highest BCUT2D eigenvalue weighted by Crippen LogP contribution is 2.37. The summed E-state index contributed by atoms with van der Waals surface area (Å²) in [7, 11) is 0. The lowest BCUT2D eigenvalue weighted by molar-refractivity contribution is 0.164. The van der Waals surface area contributed by atoms with Gasteiger partial charge in [0.05, 0.1) is 0 Å². The second-order valence-corrected chi connectivity index (χ2v) is 5.07. The first-order valence-electron chi connectivity index (χ1n) is 5.63. The van der Waals surface area contributed by atoms with E-state index in [-0.39, 0.29) is 0 Å². The number of hydrogen-bond donors (Lipinski definition) is 0. The van der Waals surface area contributed by atoms with Gasteiger partial charge in [0.2, 0.25) is 0 Å². The summed E-state index contributed by atoms with van der Waals surface area (Å²) in [6.07, 6.45) is 7.76. The maximum atomic E-state index is 4.42. The first-order chi connectivity index (χ1) is 6.63. The second-order valence-electron chi connectivity index (χ2n) is 5.07. The highest BCUT2D eigenvalue weighted by atomic mass is 15.1. The zero-order chi connectivity index (χ0) is 10.2. The van der Waals surface area contributed by atoms with Gasteiger partial charge in [-0.3, -0.25) is 0 Å². The van der Waals surface area contributed by atoms with Gasteiger partial charge in [-0.2, -0.15) is 0 Å². The van der Waals surface area contributed by atoms with Crippen LogP contribution in [-0.4, -0.2) is 9.55 Å². The van der Waals surface area contributed by atoms with E-state index in [1.807, 2.05) is 6.20 Å². The largest absolute Gasteiger partial charge is 0.335 e. The SMILES string of the molecule is CCC(C)(C)C1CCn2ccnc2C1. The number of hydrogen-bond acceptors (Lipinski definition) is 1. The third kappa shape index (κ3) is 1.58. The van der Waals surface area contributed by atoms with Gasteiger partial charge in [-0.1, -0.05) is 27.2 Å². The van der Waals surface area contributed by atoms with Crippen LogP contribution in [-0.2, 0) is 13.0 Å². The molecule has 2 heteroatoms. The van der Waals surface area contributed by atoms with Crippen molar-refractivity contribution in [2.75, 3.05) is 0 Å². The third-order valence-corrected chi connectivity index (χ3v) is 3.97. The van der Waals surface area contributed by atoms with Crippen LogP contribution < -0.4 is 0 Å². The standard InChI is InChI=1S/C12H20N2/c1-4-12(2,3)10-5-7-14-8-6-13-11(14)9-10/h6,8,10H,4-5,7,9H2,1-3H3. The highest BCUT2D eigenvalue weighted by molar-refractivity contribution is 4.99. The third-order valence-electron chi connectivity index (χ3n) is 3.97. The van der Waals surface area contributed by atoms with Crippen LogP contribution in [0, 0.1) is 11.3 Å². The minimum atomic E-state index is 0.469. The highest BCUT2D eigenvalue weighted by Gasteiger charge is 2.31. The number of aryl methyl sites for hydroxylation is 1. The maximum Gasteiger partial charge on any atom is 0.108 e. The quantitative estimate of drug-likeness (QED) is 0.704. The van der Waals surface area contributed by atoms with Gasteiger partial charge < -0.3 is 4.57 Å². The molecular weight excluding hydrogens is 172 g/mol. The number of nitrogens with zero attached hydrogens (tertiary/aromatic N) is 2. The van der Waals surface area contributed by atoms with Crippen LogP contribution in [0.25, 0.3) is 0 Å². The van der Waals surface area contributed by atoms with Gasteiger partial charge in [-0.15, -0.1) is 0 Å². The van der Waals surface area contributed by atoms with Crippen molar-refractivity contribution in [3.05, 3.63) is 18.2 Å². The van der Waals surface area contributed by atoms with Crippen LogP contribution in [0.2, 0.25) is 0 Å². The van der Waals surface area contributed by atoms with Crippen molar-refractivity contribution in [1.29, 1.82) is 0 Å². The monoisotopic (exact) mass is 192 g/mol. The van der Waals surface area contributed by atoms with Crippen LogP contribution in [0.4, 0.5) is 0 Å². The van der Waals surface area contributed by atoms with Gasteiger partial charge in [-0.05, 0) is 17.8 Å². The minimum absolute atomic E-state index is 0.469. The van der Waals surface area contributed by atoms with E-state index in [9.17, 15) is 0 Å². The van der Waals surface area contributed by atoms with Crippen molar-refractivity contribution < 1.29 is 0 Å². The summed E-state index contributed by atoms with van der Waals surface area (Å²) in [5.74, 6) is 2.09. The molecule has 1 aliphatic rings. The molecule has 0 saturated heterocycles. The molecule has 1 aromatic heterocycles. The van der Waals surface area contributed by atoms with Gasteiger partial charge in [0.15, 0.2) is 0 Å². The molecule has 0 aliphatic carbocycles. The van der Waals surface area contributed by atoms with Crippen molar-refractivity contribution in [3.63, 3.8) is 0 Å². The summed E-state index contributed by atoms with van der Waals surface area (Å²) in [5.41, 5.74) is 0.469. The predicted octanol–water partition coefficient (Wildman–Crippen LogP) is 2.88. The first kappa shape index (κ1) is 9.75. The van der Waals surface area contributed by atoms with Crippen LogP contribution in [0.15, 0.2) is 12.4 Å². The average molecular weight is 192 g/mol. The topological polar surface area (TPSA) is 17.8 Å². The van der Waals surface area contributed by atoms with Crippen molar-refractivity contribution in [3.8, 4) is 0 Å². The Morgan fingerprint density at radius 1 is 1.57 bits per heavy atom. The first-order valence-corrected chi connectivity index (χ1v) is 5.63. The lowest BCUT2D eigenvalue weighted by Crippen LogP contribution is -2.31. The molecule has 0 spiro atoms. The van der Waals surface area contributed by atoms with Gasteiger partial charge in [-0.25, -0.2) is 4.98 Å². The molecule has 0 fully saturated rings. The van der Waals surface area contributed by atoms with Crippen molar-refractivity contribution in [1.82, 2.24) is 9.55 Å². The number of imidazole rings is 1. The average Bonchev–Trinajstić information content (AvgIpc) is 2.64. The summed E-state index contributed by atoms with van der Waals surface area (Å²) < 4.78 is 2.29. The van der Waals surface area contributed by atoms with Crippen molar-refractivity contribution in [2.45, 2.75) is 46.6 Å². The summed E-state index contributed by atoms with van der Waals surface area (Å²) >= 11 is 0. The summed E-state index contributed by atoms with van der Waals surface area (Å²) in [4.78, 5) is 4.42. The Balaban J connectivity index is 2.15. The molecule has 0 saturated carbocycles. The summed E-state index contributed by atoms with van der Waals surface area (Å²) in [5, 5.41) is 0. The Morgan fingerprint density at radius 2 is 2.36 bits per heavy atom. The molecule has 1 aliphatic heterocycles. The van der Waals surface area contributed by atoms with E-state index < -0.39 is 0 Å². The number of fused-ring (bicyclic) bond motifs is 1. The lowest BCUT2D eigenvalue weighted by Gasteiger charge is -2.36. The van der Waals surface area contributed by atoms with Gasteiger partial charge in [0, 0.05) is 25.4 Å². The van der Waals surface area contributed by atoms with E-state index in [0.717, 1.165) is 18.9 Å². The van der Waals surface area contributed by atoms with E-state index in [4.69, 9.17) is 0 Å². The van der Waals surface area contributed by atoms with E-state index in [1.54, 1.807) is 0 Å². The fraction of sp³-hybridized carbons (Fsp3) is 0.750. The molecule has 1 unspecified atom stereocenters. The zero-order valence-electron chi connectivity index (χ0n) is 9.45. The molecule has 2 rings (SSSR count). The molecule has 2 heterocycles. The van der Waals surface area contributed by atoms with E-state index >= 15 is 0 Å². The molecule has 1 atom stereocenters. The fourth-order valence-corrected chi connectivity index (χ4v) is 2.31. The van der Waals surface area contributed by atoms with Gasteiger partial charge >= 0.3 is 0 Å². The normalized spacial score (nSPS) is 22.1. The van der Waals surface area contributed by atoms with Crippen LogP contribution >= 0.6 is 0 Å². The smallest absolute Gasteiger partial charge is 0.108 e. The van der Waals surface area contributed by atoms with Crippen LogP contribution in [0.1, 0.15) is 39.4 Å². The van der Waals surface area contributed by atoms with Crippen molar-refractivity contribution in [2.24, 2.45) is 11.3 Å². The molecular formula is C12H20N2. The van der Waals surface area contributed by atoms with Gasteiger partial charge in [0.1, 0.15) is 5.82 Å². The molecule has 0 radical (unpaired) electrons. The summed E-state index contributed by atoms with van der Waals surface area (Å²) in [6.45, 7) is 8.22. The van der Waals surface area contributed by atoms with Crippen molar-refractivity contribution >= 4 is 0 Å². The molecule has 0 N–H and O–H groups in total. The number of aromatic nitrogens is 2. The molecule has 0 aromatic carbocycles. The van der Waals surface area contributed by atoms with E-state index in [2.05, 4.69) is 36.5 Å². The molecule has 1 aromatic rings. The molecule has 14 heavy (non-hydrogen) atoms. The fourth-order valence-electron chi connectivity index (χ4n) is 2.31. The Bertz CT molecular complexity index is 312. The maximum absolute atomic E-state index is 4.42. The van der Waals surface area contributed by atoms with Gasteiger partial charge in [0.25, 0.3) is 0 Å². The molecule has 2 nitrogen and oxygen atoms in total. The Kier molecular flexibility index (Phi) is 2.38. The summed E-state index contributed by atoms with van der Waals surface area (Å²) in [6, 6.07) is 0. The Morgan fingerprint density at radius 3 is 3.07 bits per heavy atom. The van der Waals surface area contributed by atoms with Crippen LogP contribution in [0.5, 0.6) is 0 Å². The Hall–Kier alpha value is -0.790.